The third kappa shape index (κ3) is 2.82. The highest BCUT2D eigenvalue weighted by Crippen LogP contribution is 2.42. The first-order valence-corrected chi connectivity index (χ1v) is 9.60. The van der Waals surface area contributed by atoms with E-state index in [9.17, 15) is 4.57 Å². The smallest absolute Gasteiger partial charge is 0.171 e. The van der Waals surface area contributed by atoms with Crippen molar-refractivity contribution in [2.45, 2.75) is 6.92 Å². The molecule has 3 rings (SSSR count). The number of hydrogen-bond acceptors (Lipinski definition) is 1. The molecule has 22 heavy (non-hydrogen) atoms. The molecule has 3 aromatic rings. The van der Waals surface area contributed by atoms with Gasteiger partial charge in [-0.3, -0.25) is 0 Å². The summed E-state index contributed by atoms with van der Waals surface area (Å²) in [5, 5.41) is 2.58. The molecule has 0 aliphatic carbocycles. The summed E-state index contributed by atoms with van der Waals surface area (Å²) in [6.07, 6.45) is 0. The summed E-state index contributed by atoms with van der Waals surface area (Å²) in [5.74, 6) is 0. The molecule has 0 aliphatic heterocycles. The maximum atomic E-state index is 14.0. The fourth-order valence-electron chi connectivity index (χ4n) is 2.49. The number of hydrogen-bond donors (Lipinski definition) is 0. The lowest BCUT2D eigenvalue weighted by Gasteiger charge is -2.20. The van der Waals surface area contributed by atoms with Crippen molar-refractivity contribution in [2.24, 2.45) is 0 Å². The molecule has 1 atom stereocenters. The lowest BCUT2D eigenvalue weighted by atomic mass is 10.2. The van der Waals surface area contributed by atoms with Gasteiger partial charge in [-0.1, -0.05) is 76.1 Å². The van der Waals surface area contributed by atoms with Gasteiger partial charge in [0.2, 0.25) is 0 Å². The van der Waals surface area contributed by atoms with Crippen LogP contribution in [-0.2, 0) is 4.57 Å². The van der Waals surface area contributed by atoms with Crippen LogP contribution < -0.4 is 15.9 Å². The largest absolute Gasteiger partial charge is 0.309 e. The first kappa shape index (κ1) is 15.3. The van der Waals surface area contributed by atoms with Crippen molar-refractivity contribution in [1.29, 1.82) is 0 Å². The highest BCUT2D eigenvalue weighted by molar-refractivity contribution is 9.10. The molecule has 0 heterocycles. The molecule has 0 aliphatic rings. The Bertz CT molecular complexity index is 759. The lowest BCUT2D eigenvalue weighted by Crippen LogP contribution is -2.24. The average Bonchev–Trinajstić information content (AvgIpc) is 2.56. The van der Waals surface area contributed by atoms with E-state index in [0.717, 1.165) is 20.4 Å². The van der Waals surface area contributed by atoms with E-state index in [4.69, 9.17) is 0 Å². The van der Waals surface area contributed by atoms with Gasteiger partial charge < -0.3 is 4.57 Å². The SMILES string of the molecule is Cc1ccc(P(=O)(c2ccccc2)c2ccc(Br)cc2)cc1. The van der Waals surface area contributed by atoms with Crippen molar-refractivity contribution in [3.8, 4) is 0 Å². The quantitative estimate of drug-likeness (QED) is 0.624. The lowest BCUT2D eigenvalue weighted by molar-refractivity contribution is 0.592. The number of halogens is 1. The van der Waals surface area contributed by atoms with Crippen LogP contribution in [0, 0.1) is 6.92 Å². The minimum absolute atomic E-state index is 0.853. The van der Waals surface area contributed by atoms with Crippen molar-refractivity contribution in [1.82, 2.24) is 0 Å². The Kier molecular flexibility index (Phi) is 4.33. The maximum Gasteiger partial charge on any atom is 0.171 e. The second-order valence-electron chi connectivity index (χ2n) is 5.26. The van der Waals surface area contributed by atoms with Crippen LogP contribution in [0.5, 0.6) is 0 Å². The molecule has 0 fully saturated rings. The van der Waals surface area contributed by atoms with Gasteiger partial charge in [-0.15, -0.1) is 0 Å². The Balaban J connectivity index is 2.25. The number of rotatable bonds is 3. The molecule has 0 radical (unpaired) electrons. The van der Waals surface area contributed by atoms with E-state index in [1.807, 2.05) is 85.8 Å². The van der Waals surface area contributed by atoms with Crippen LogP contribution in [0.3, 0.4) is 0 Å². The standard InChI is InChI=1S/C19H16BrOP/c1-15-7-11-18(12-8-15)22(21,17-5-3-2-4-6-17)19-13-9-16(20)10-14-19/h2-14H,1H3. The molecule has 1 unspecified atom stereocenters. The van der Waals surface area contributed by atoms with Crippen molar-refractivity contribution in [3.63, 3.8) is 0 Å². The molecule has 1 nitrogen and oxygen atoms in total. The Morgan fingerprint density at radius 2 is 1.14 bits per heavy atom. The molecule has 3 aromatic carbocycles. The zero-order valence-electron chi connectivity index (χ0n) is 12.2. The van der Waals surface area contributed by atoms with Gasteiger partial charge in [0.1, 0.15) is 0 Å². The Morgan fingerprint density at radius 3 is 1.68 bits per heavy atom. The van der Waals surface area contributed by atoms with Gasteiger partial charge in [0.15, 0.2) is 7.14 Å². The van der Waals surface area contributed by atoms with Crippen molar-refractivity contribution in [3.05, 3.63) is 88.9 Å². The Hall–Kier alpha value is -1.63. The summed E-state index contributed by atoms with van der Waals surface area (Å²) in [6, 6.07) is 25.5. The van der Waals surface area contributed by atoms with Gasteiger partial charge >= 0.3 is 0 Å². The molecule has 3 heteroatoms. The van der Waals surface area contributed by atoms with Gasteiger partial charge in [0.05, 0.1) is 0 Å². The predicted octanol–water partition coefficient (Wildman–Crippen LogP) is 4.40. The van der Waals surface area contributed by atoms with E-state index < -0.39 is 7.14 Å². The minimum Gasteiger partial charge on any atom is -0.309 e. The molecule has 0 saturated heterocycles. The summed E-state index contributed by atoms with van der Waals surface area (Å²) in [4.78, 5) is 0. The molecule has 110 valence electrons. The normalized spacial score (nSPS) is 13.5. The predicted molar refractivity (Wildman–Crippen MR) is 98.3 cm³/mol. The Morgan fingerprint density at radius 1 is 0.682 bits per heavy atom. The molecule has 0 spiro atoms. The van der Waals surface area contributed by atoms with Gasteiger partial charge in [-0.2, -0.15) is 0 Å². The van der Waals surface area contributed by atoms with E-state index in [0.29, 0.717) is 0 Å². The van der Waals surface area contributed by atoms with Crippen molar-refractivity contribution in [2.75, 3.05) is 0 Å². The third-order valence-corrected chi connectivity index (χ3v) is 7.31. The van der Waals surface area contributed by atoms with E-state index in [-0.39, 0.29) is 0 Å². The van der Waals surface area contributed by atoms with Crippen LogP contribution in [0.25, 0.3) is 0 Å². The monoisotopic (exact) mass is 370 g/mol. The van der Waals surface area contributed by atoms with Crippen molar-refractivity contribution < 1.29 is 4.57 Å². The van der Waals surface area contributed by atoms with E-state index >= 15 is 0 Å². The fourth-order valence-corrected chi connectivity index (χ4v) is 5.38. The maximum absolute atomic E-state index is 14.0. The Labute approximate surface area is 139 Å². The van der Waals surface area contributed by atoms with Crippen molar-refractivity contribution >= 4 is 39.0 Å². The topological polar surface area (TPSA) is 17.1 Å². The van der Waals surface area contributed by atoms with Crippen LogP contribution in [-0.4, -0.2) is 0 Å². The van der Waals surface area contributed by atoms with E-state index in [1.165, 1.54) is 5.56 Å². The van der Waals surface area contributed by atoms with Crippen LogP contribution in [0.1, 0.15) is 5.56 Å². The third-order valence-electron chi connectivity index (χ3n) is 3.71. The minimum atomic E-state index is -2.84. The second kappa shape index (κ2) is 6.24. The molecular weight excluding hydrogens is 355 g/mol. The average molecular weight is 371 g/mol. The zero-order chi connectivity index (χ0) is 15.6. The molecule has 0 aromatic heterocycles. The molecule has 0 amide bonds. The first-order chi connectivity index (χ1) is 10.6. The molecule has 0 saturated carbocycles. The molecule has 0 N–H and O–H groups in total. The van der Waals surface area contributed by atoms with Crippen LogP contribution in [0.15, 0.2) is 83.3 Å². The fraction of sp³-hybridized carbons (Fsp3) is 0.0526. The molecular formula is C19H16BrOP. The van der Waals surface area contributed by atoms with E-state index in [2.05, 4.69) is 15.9 Å². The summed E-state index contributed by atoms with van der Waals surface area (Å²) >= 11 is 3.44. The van der Waals surface area contributed by atoms with Crippen LogP contribution >= 0.6 is 23.1 Å². The number of benzene rings is 3. The zero-order valence-corrected chi connectivity index (χ0v) is 14.7. The second-order valence-corrected chi connectivity index (χ2v) is 8.94. The van der Waals surface area contributed by atoms with Gasteiger partial charge in [-0.25, -0.2) is 0 Å². The highest BCUT2D eigenvalue weighted by atomic mass is 79.9. The van der Waals surface area contributed by atoms with Crippen LogP contribution in [0.2, 0.25) is 0 Å². The molecule has 0 bridgehead atoms. The van der Waals surface area contributed by atoms with Gasteiger partial charge in [-0.05, 0) is 31.2 Å². The summed E-state index contributed by atoms with van der Waals surface area (Å²) in [5.41, 5.74) is 1.17. The summed E-state index contributed by atoms with van der Waals surface area (Å²) < 4.78 is 15.0. The highest BCUT2D eigenvalue weighted by Gasteiger charge is 2.29. The number of aryl methyl sites for hydroxylation is 1. The first-order valence-electron chi connectivity index (χ1n) is 7.10. The van der Waals surface area contributed by atoms with E-state index in [1.54, 1.807) is 0 Å². The van der Waals surface area contributed by atoms with Crippen LogP contribution in [0.4, 0.5) is 0 Å². The summed E-state index contributed by atoms with van der Waals surface area (Å²) in [7, 11) is -2.84. The van der Waals surface area contributed by atoms with Gasteiger partial charge in [0, 0.05) is 20.4 Å². The summed E-state index contributed by atoms with van der Waals surface area (Å²) in [6.45, 7) is 2.04. The van der Waals surface area contributed by atoms with Gasteiger partial charge in [0.25, 0.3) is 0 Å².